The van der Waals surface area contributed by atoms with E-state index >= 15 is 0 Å². The minimum Gasteiger partial charge on any atom is -0.338 e. The van der Waals surface area contributed by atoms with E-state index in [1.807, 2.05) is 0 Å². The zero-order chi connectivity index (χ0) is 15.4. The van der Waals surface area contributed by atoms with E-state index in [0.717, 1.165) is 44.9 Å². The Balaban J connectivity index is 1.38. The second-order valence-corrected chi connectivity index (χ2v) is 6.77. The molecule has 2 fully saturated rings. The highest BCUT2D eigenvalue weighted by atomic mass is 16.2. The Morgan fingerprint density at radius 3 is 2.59 bits per heavy atom. The van der Waals surface area contributed by atoms with Crippen molar-refractivity contribution < 1.29 is 4.79 Å². The molecule has 1 aromatic rings. The Labute approximate surface area is 133 Å². The van der Waals surface area contributed by atoms with E-state index in [0.29, 0.717) is 6.04 Å². The Hall–Kier alpha value is -1.55. The van der Waals surface area contributed by atoms with Crippen molar-refractivity contribution in [2.24, 2.45) is 5.92 Å². The number of nitrogens with one attached hydrogen (secondary N) is 2. The highest BCUT2D eigenvalue weighted by Crippen LogP contribution is 2.27. The number of urea groups is 1. The quantitative estimate of drug-likeness (QED) is 0.878. The number of nitrogens with zero attached hydrogens (tertiary/aromatic N) is 1. The number of rotatable bonds is 5. The average Bonchev–Trinajstić information content (AvgIpc) is 3.34. The van der Waals surface area contributed by atoms with Gasteiger partial charge < -0.3 is 10.6 Å². The van der Waals surface area contributed by atoms with Crippen molar-refractivity contribution in [1.82, 2.24) is 15.5 Å². The summed E-state index contributed by atoms with van der Waals surface area (Å²) in [5, 5.41) is 6.11. The summed E-state index contributed by atoms with van der Waals surface area (Å²) in [4.78, 5) is 14.3. The normalized spacial score (nSPS) is 19.9. The lowest BCUT2D eigenvalue weighted by molar-refractivity contribution is 0.186. The van der Waals surface area contributed by atoms with Crippen molar-refractivity contribution in [2.75, 3.05) is 19.6 Å². The summed E-state index contributed by atoms with van der Waals surface area (Å²) in [5.41, 5.74) is 2.78. The van der Waals surface area contributed by atoms with Gasteiger partial charge in [0.25, 0.3) is 0 Å². The molecule has 4 nitrogen and oxygen atoms in total. The number of hydrogen-bond acceptors (Lipinski definition) is 2. The number of aryl methyl sites for hydroxylation is 1. The number of carbonyl (C=O) groups excluding carboxylic acids is 1. The van der Waals surface area contributed by atoms with Crippen LogP contribution in [0.15, 0.2) is 24.3 Å². The van der Waals surface area contributed by atoms with Gasteiger partial charge >= 0.3 is 6.03 Å². The molecule has 2 N–H and O–H groups in total. The first-order chi connectivity index (χ1) is 10.7. The third-order valence-electron chi connectivity index (χ3n) is 4.83. The first-order valence-electron chi connectivity index (χ1n) is 8.52. The fourth-order valence-electron chi connectivity index (χ4n) is 3.06. The van der Waals surface area contributed by atoms with Crippen LogP contribution in [0.5, 0.6) is 0 Å². The first-order valence-corrected chi connectivity index (χ1v) is 8.52. The Morgan fingerprint density at radius 2 is 1.91 bits per heavy atom. The van der Waals surface area contributed by atoms with Gasteiger partial charge in [-0.25, -0.2) is 4.79 Å². The Bertz CT molecular complexity index is 505. The Kier molecular flexibility index (Phi) is 4.98. The van der Waals surface area contributed by atoms with Crippen molar-refractivity contribution in [3.8, 4) is 0 Å². The van der Waals surface area contributed by atoms with Gasteiger partial charge in [0.05, 0.1) is 0 Å². The van der Waals surface area contributed by atoms with E-state index in [1.54, 1.807) is 0 Å². The zero-order valence-corrected chi connectivity index (χ0v) is 13.5. The van der Waals surface area contributed by atoms with E-state index < -0.39 is 0 Å². The van der Waals surface area contributed by atoms with Gasteiger partial charge in [-0.05, 0) is 49.7 Å². The largest absolute Gasteiger partial charge is 0.338 e. The molecule has 0 bridgehead atoms. The fourth-order valence-corrected chi connectivity index (χ4v) is 3.06. The van der Waals surface area contributed by atoms with E-state index in [-0.39, 0.29) is 6.03 Å². The third-order valence-corrected chi connectivity index (χ3v) is 4.83. The van der Waals surface area contributed by atoms with Gasteiger partial charge in [0.1, 0.15) is 0 Å². The van der Waals surface area contributed by atoms with Gasteiger partial charge in [-0.3, -0.25) is 4.90 Å². The average molecular weight is 301 g/mol. The number of carbonyl (C=O) groups is 1. The van der Waals surface area contributed by atoms with E-state index in [4.69, 9.17) is 0 Å². The van der Waals surface area contributed by atoms with Crippen LogP contribution in [0.2, 0.25) is 0 Å². The molecule has 0 aromatic heterocycles. The molecule has 2 aliphatic rings. The predicted octanol–water partition coefficient (Wildman–Crippen LogP) is 2.67. The molecule has 1 aliphatic heterocycles. The SMILES string of the molecule is Cc1ccccc1CN1CCC(NC(=O)NCC2CC2)CC1. The lowest BCUT2D eigenvalue weighted by Gasteiger charge is -2.32. The van der Waals surface area contributed by atoms with E-state index in [9.17, 15) is 4.79 Å². The molecular weight excluding hydrogens is 274 g/mol. The molecule has 120 valence electrons. The van der Waals surface area contributed by atoms with Crippen molar-refractivity contribution >= 4 is 6.03 Å². The monoisotopic (exact) mass is 301 g/mol. The molecule has 0 atom stereocenters. The second-order valence-electron chi connectivity index (χ2n) is 6.77. The van der Waals surface area contributed by atoms with Crippen LogP contribution in [-0.4, -0.2) is 36.6 Å². The molecule has 1 heterocycles. The zero-order valence-electron chi connectivity index (χ0n) is 13.5. The summed E-state index contributed by atoms with van der Waals surface area (Å²) in [5.74, 6) is 0.738. The molecule has 2 amide bonds. The van der Waals surface area contributed by atoms with Crippen molar-refractivity contribution in [1.29, 1.82) is 0 Å². The van der Waals surface area contributed by atoms with Gasteiger partial charge in [0, 0.05) is 32.2 Å². The van der Waals surface area contributed by atoms with Crippen molar-refractivity contribution in [3.63, 3.8) is 0 Å². The van der Waals surface area contributed by atoms with Crippen LogP contribution < -0.4 is 10.6 Å². The van der Waals surface area contributed by atoms with Gasteiger partial charge in [-0.2, -0.15) is 0 Å². The topological polar surface area (TPSA) is 44.4 Å². The minimum absolute atomic E-state index is 0.0178. The minimum atomic E-state index is 0.0178. The van der Waals surface area contributed by atoms with Crippen LogP contribution in [0, 0.1) is 12.8 Å². The molecule has 3 rings (SSSR count). The maximum atomic E-state index is 11.8. The summed E-state index contributed by atoms with van der Waals surface area (Å²) >= 11 is 0. The van der Waals surface area contributed by atoms with Crippen LogP contribution in [-0.2, 0) is 6.54 Å². The molecule has 1 saturated heterocycles. The van der Waals surface area contributed by atoms with E-state index in [2.05, 4.69) is 46.7 Å². The van der Waals surface area contributed by atoms with Crippen LogP contribution in [0.3, 0.4) is 0 Å². The van der Waals surface area contributed by atoms with Gasteiger partial charge in [-0.1, -0.05) is 24.3 Å². The summed E-state index contributed by atoms with van der Waals surface area (Å²) < 4.78 is 0. The van der Waals surface area contributed by atoms with Crippen LogP contribution in [0.1, 0.15) is 36.8 Å². The van der Waals surface area contributed by atoms with Gasteiger partial charge in [0.15, 0.2) is 0 Å². The number of piperidine rings is 1. The summed E-state index contributed by atoms with van der Waals surface area (Å²) in [6.07, 6.45) is 4.64. The van der Waals surface area contributed by atoms with Gasteiger partial charge in [-0.15, -0.1) is 0 Å². The number of hydrogen-bond donors (Lipinski definition) is 2. The van der Waals surface area contributed by atoms with Crippen LogP contribution >= 0.6 is 0 Å². The van der Waals surface area contributed by atoms with Crippen molar-refractivity contribution in [2.45, 2.75) is 45.2 Å². The molecule has 0 radical (unpaired) electrons. The first kappa shape index (κ1) is 15.3. The summed E-state index contributed by atoms with van der Waals surface area (Å²) in [7, 11) is 0. The molecule has 22 heavy (non-hydrogen) atoms. The molecule has 0 unspecified atom stereocenters. The molecule has 1 aromatic carbocycles. The molecule has 0 spiro atoms. The fraction of sp³-hybridized carbons (Fsp3) is 0.611. The maximum absolute atomic E-state index is 11.8. The predicted molar refractivity (Wildman–Crippen MR) is 88.7 cm³/mol. The van der Waals surface area contributed by atoms with Gasteiger partial charge in [0.2, 0.25) is 0 Å². The van der Waals surface area contributed by atoms with E-state index in [1.165, 1.54) is 24.0 Å². The van der Waals surface area contributed by atoms with Crippen molar-refractivity contribution in [3.05, 3.63) is 35.4 Å². The van der Waals surface area contributed by atoms with Crippen LogP contribution in [0.25, 0.3) is 0 Å². The summed E-state index contributed by atoms with van der Waals surface area (Å²) in [6.45, 7) is 6.16. The lowest BCUT2D eigenvalue weighted by Crippen LogP contribution is -2.48. The number of benzene rings is 1. The molecule has 1 aliphatic carbocycles. The molecule has 4 heteroatoms. The standard InChI is InChI=1S/C18H27N3O/c1-14-4-2-3-5-16(14)13-21-10-8-17(9-11-21)20-18(22)19-12-15-6-7-15/h2-5,15,17H,6-13H2,1H3,(H2,19,20,22). The maximum Gasteiger partial charge on any atom is 0.315 e. The third kappa shape index (κ3) is 4.47. The summed E-state index contributed by atoms with van der Waals surface area (Å²) in [6, 6.07) is 8.94. The number of likely N-dealkylation sites (tertiary alicyclic amines) is 1. The lowest BCUT2D eigenvalue weighted by atomic mass is 10.0. The highest BCUT2D eigenvalue weighted by molar-refractivity contribution is 5.74. The number of amides is 2. The smallest absolute Gasteiger partial charge is 0.315 e. The second kappa shape index (κ2) is 7.14. The Morgan fingerprint density at radius 1 is 1.18 bits per heavy atom. The molecular formula is C18H27N3O. The molecule has 1 saturated carbocycles. The highest BCUT2D eigenvalue weighted by Gasteiger charge is 2.23. The van der Waals surface area contributed by atoms with Crippen LogP contribution in [0.4, 0.5) is 4.79 Å².